The third kappa shape index (κ3) is 2.85. The van der Waals surface area contributed by atoms with E-state index in [4.69, 9.17) is 5.26 Å². The maximum atomic E-state index is 13.8. The normalized spacial score (nSPS) is 21.9. The van der Waals surface area contributed by atoms with Gasteiger partial charge in [0.25, 0.3) is 5.91 Å². The number of rotatable bonds is 4. The van der Waals surface area contributed by atoms with Crippen LogP contribution in [0.25, 0.3) is 0 Å². The van der Waals surface area contributed by atoms with Crippen LogP contribution >= 0.6 is 0 Å². The molecule has 1 amide bonds. The molecular formula is C19H14F2N2O3. The molecule has 0 saturated carbocycles. The number of aliphatic hydroxyl groups is 1. The van der Waals surface area contributed by atoms with Gasteiger partial charge in [0.2, 0.25) is 5.60 Å². The fourth-order valence-electron chi connectivity index (χ4n) is 3.11. The Kier molecular flexibility index (Phi) is 4.53. The fourth-order valence-corrected chi connectivity index (χ4v) is 3.11. The summed E-state index contributed by atoms with van der Waals surface area (Å²) in [4.78, 5) is 24.9. The van der Waals surface area contributed by atoms with Gasteiger partial charge >= 0.3 is 0 Å². The Bertz CT molecular complexity index is 939. The van der Waals surface area contributed by atoms with Gasteiger partial charge in [-0.05, 0) is 29.3 Å². The topological polar surface area (TPSA) is 90.2 Å². The quantitative estimate of drug-likeness (QED) is 0.814. The summed E-state index contributed by atoms with van der Waals surface area (Å²) < 4.78 is 27.4. The maximum absolute atomic E-state index is 13.8. The summed E-state index contributed by atoms with van der Waals surface area (Å²) in [5.74, 6) is -4.14. The van der Waals surface area contributed by atoms with Crippen LogP contribution in [0.5, 0.6) is 0 Å². The number of halogens is 2. The maximum Gasteiger partial charge on any atom is 0.260 e. The highest BCUT2D eigenvalue weighted by molar-refractivity contribution is 6.12. The molecule has 1 fully saturated rings. The van der Waals surface area contributed by atoms with Gasteiger partial charge in [-0.3, -0.25) is 9.59 Å². The second-order valence-electron chi connectivity index (χ2n) is 6.07. The number of hydrogen-bond donors (Lipinski definition) is 2. The molecule has 0 aliphatic carbocycles. The average molecular weight is 356 g/mol. The molecule has 1 saturated heterocycles. The zero-order valence-electron chi connectivity index (χ0n) is 13.5. The van der Waals surface area contributed by atoms with Crippen molar-refractivity contribution in [3.8, 4) is 6.07 Å². The number of nitrogens with one attached hydrogen (secondary N) is 1. The monoisotopic (exact) mass is 356 g/mol. The second-order valence-corrected chi connectivity index (χ2v) is 6.07. The van der Waals surface area contributed by atoms with Crippen LogP contribution in [0.15, 0.2) is 42.5 Å². The molecule has 2 atom stereocenters. The van der Waals surface area contributed by atoms with E-state index in [-0.39, 0.29) is 23.2 Å². The minimum atomic E-state index is -2.42. The van der Waals surface area contributed by atoms with Crippen molar-refractivity contribution in [2.75, 3.05) is 6.54 Å². The lowest BCUT2D eigenvalue weighted by Crippen LogP contribution is -2.50. The Labute approximate surface area is 147 Å². The second kappa shape index (κ2) is 6.65. The van der Waals surface area contributed by atoms with Crippen LogP contribution in [0.3, 0.4) is 0 Å². The van der Waals surface area contributed by atoms with Crippen LogP contribution in [0.4, 0.5) is 8.78 Å². The molecule has 5 nitrogen and oxygen atoms in total. The predicted octanol–water partition coefficient (Wildman–Crippen LogP) is 1.59. The molecule has 0 spiro atoms. The van der Waals surface area contributed by atoms with Crippen LogP contribution in [0, 0.1) is 23.0 Å². The molecule has 0 bridgehead atoms. The molecule has 0 radical (unpaired) electrons. The lowest BCUT2D eigenvalue weighted by Gasteiger charge is -2.26. The number of carbonyl (C=O) groups excluding carboxylic acids is 2. The molecule has 3 rings (SSSR count). The van der Waals surface area contributed by atoms with Gasteiger partial charge in [0.1, 0.15) is 17.7 Å². The van der Waals surface area contributed by atoms with Gasteiger partial charge in [0.15, 0.2) is 5.78 Å². The lowest BCUT2D eigenvalue weighted by molar-refractivity contribution is -0.149. The molecule has 0 aromatic heterocycles. The summed E-state index contributed by atoms with van der Waals surface area (Å²) in [6.45, 7) is -0.0607. The van der Waals surface area contributed by atoms with E-state index in [0.717, 1.165) is 6.07 Å². The van der Waals surface area contributed by atoms with Gasteiger partial charge in [-0.1, -0.05) is 24.3 Å². The Balaban J connectivity index is 1.97. The van der Waals surface area contributed by atoms with Crippen molar-refractivity contribution in [3.05, 3.63) is 70.8 Å². The number of nitriles is 1. The van der Waals surface area contributed by atoms with Gasteiger partial charge in [-0.15, -0.1) is 0 Å². The Morgan fingerprint density at radius 3 is 2.69 bits per heavy atom. The van der Waals surface area contributed by atoms with E-state index in [9.17, 15) is 23.5 Å². The van der Waals surface area contributed by atoms with E-state index < -0.39 is 41.3 Å². The van der Waals surface area contributed by atoms with Crippen molar-refractivity contribution in [1.29, 1.82) is 5.26 Å². The van der Waals surface area contributed by atoms with E-state index >= 15 is 0 Å². The van der Waals surface area contributed by atoms with E-state index in [1.54, 1.807) is 12.1 Å². The van der Waals surface area contributed by atoms with Crippen molar-refractivity contribution in [3.63, 3.8) is 0 Å². The molecular weight excluding hydrogens is 342 g/mol. The summed E-state index contributed by atoms with van der Waals surface area (Å²) in [5, 5.41) is 22.2. The van der Waals surface area contributed by atoms with Gasteiger partial charge in [-0.2, -0.15) is 5.26 Å². The van der Waals surface area contributed by atoms with Crippen molar-refractivity contribution in [2.45, 2.75) is 17.9 Å². The number of benzene rings is 2. The third-order valence-electron chi connectivity index (χ3n) is 4.56. The van der Waals surface area contributed by atoms with Crippen molar-refractivity contribution in [2.24, 2.45) is 0 Å². The highest BCUT2D eigenvalue weighted by atomic mass is 19.1. The Hall–Kier alpha value is -3.11. The standard InChI is InChI=1S/C19H14F2N2O3/c20-15-4-2-1-3-12(15)8-17(24)19(26)14(10-23-18(19)25)11-5-6-16(21)13(7-11)9-22/h1-7,14,26H,8,10H2,(H,23,25)/t14-,19-/m1/s1. The first kappa shape index (κ1) is 17.7. The Morgan fingerprint density at radius 1 is 1.27 bits per heavy atom. The largest absolute Gasteiger partial charge is 0.373 e. The van der Waals surface area contributed by atoms with E-state index in [0.29, 0.717) is 0 Å². The Morgan fingerprint density at radius 2 is 2.00 bits per heavy atom. The molecule has 2 N–H and O–H groups in total. The van der Waals surface area contributed by atoms with Crippen LogP contribution < -0.4 is 5.32 Å². The number of nitrogens with zero attached hydrogens (tertiary/aromatic N) is 1. The summed E-state index contributed by atoms with van der Waals surface area (Å²) in [6, 6.07) is 10.8. The van der Waals surface area contributed by atoms with E-state index in [1.807, 2.05) is 0 Å². The first-order valence-corrected chi connectivity index (χ1v) is 7.85. The van der Waals surface area contributed by atoms with Crippen molar-refractivity contribution >= 4 is 11.7 Å². The first-order chi connectivity index (χ1) is 12.4. The third-order valence-corrected chi connectivity index (χ3v) is 4.56. The van der Waals surface area contributed by atoms with Gasteiger partial charge in [-0.25, -0.2) is 8.78 Å². The molecule has 132 valence electrons. The molecule has 7 heteroatoms. The fraction of sp³-hybridized carbons (Fsp3) is 0.211. The summed E-state index contributed by atoms with van der Waals surface area (Å²) in [7, 11) is 0. The zero-order chi connectivity index (χ0) is 18.9. The molecule has 1 aliphatic rings. The van der Waals surface area contributed by atoms with E-state index in [2.05, 4.69) is 5.32 Å². The molecule has 1 aliphatic heterocycles. The van der Waals surface area contributed by atoms with Crippen LogP contribution in [0.1, 0.15) is 22.6 Å². The van der Waals surface area contributed by atoms with Crippen LogP contribution in [0.2, 0.25) is 0 Å². The highest BCUT2D eigenvalue weighted by Gasteiger charge is 2.55. The molecule has 26 heavy (non-hydrogen) atoms. The van der Waals surface area contributed by atoms with Gasteiger partial charge < -0.3 is 10.4 Å². The summed E-state index contributed by atoms with van der Waals surface area (Å²) in [6.07, 6.45) is -0.473. The number of amides is 1. The summed E-state index contributed by atoms with van der Waals surface area (Å²) >= 11 is 0. The smallest absolute Gasteiger partial charge is 0.260 e. The first-order valence-electron chi connectivity index (χ1n) is 7.85. The highest BCUT2D eigenvalue weighted by Crippen LogP contribution is 2.35. The van der Waals surface area contributed by atoms with E-state index in [1.165, 1.54) is 30.3 Å². The SMILES string of the molecule is N#Cc1cc([C@H]2CNC(=O)[C@]2(O)C(=O)Cc2ccccc2F)ccc1F. The minimum absolute atomic E-state index is 0.0567. The average Bonchev–Trinajstić information content (AvgIpc) is 2.94. The molecule has 2 aromatic rings. The van der Waals surface area contributed by atoms with Crippen LogP contribution in [-0.4, -0.2) is 28.9 Å². The minimum Gasteiger partial charge on any atom is -0.373 e. The summed E-state index contributed by atoms with van der Waals surface area (Å²) in [5.41, 5.74) is -2.36. The molecule has 1 heterocycles. The number of Topliss-reactive ketones (excluding diaryl/α,β-unsaturated/α-hetero) is 1. The number of hydrogen-bond acceptors (Lipinski definition) is 4. The van der Waals surface area contributed by atoms with Crippen molar-refractivity contribution in [1.82, 2.24) is 5.32 Å². The zero-order valence-corrected chi connectivity index (χ0v) is 13.5. The van der Waals surface area contributed by atoms with Crippen molar-refractivity contribution < 1.29 is 23.5 Å². The van der Waals surface area contributed by atoms with Gasteiger partial charge in [0.05, 0.1) is 5.56 Å². The lowest BCUT2D eigenvalue weighted by atomic mass is 9.79. The van der Waals surface area contributed by atoms with Crippen LogP contribution in [-0.2, 0) is 16.0 Å². The number of carbonyl (C=O) groups is 2. The molecule has 2 aromatic carbocycles. The molecule has 0 unspecified atom stereocenters. The predicted molar refractivity (Wildman–Crippen MR) is 86.9 cm³/mol. The van der Waals surface area contributed by atoms with Gasteiger partial charge in [0, 0.05) is 18.9 Å². The number of ketones is 1.